The average Bonchev–Trinajstić information content (AvgIpc) is 3.54. The van der Waals surface area contributed by atoms with Crippen molar-refractivity contribution < 1.29 is 19.1 Å². The van der Waals surface area contributed by atoms with Crippen LogP contribution in [-0.2, 0) is 17.6 Å². The molecule has 178 valence electrons. The van der Waals surface area contributed by atoms with E-state index in [-0.39, 0.29) is 17.6 Å². The van der Waals surface area contributed by atoms with E-state index in [0.29, 0.717) is 53.2 Å². The molecule has 2 aliphatic heterocycles. The highest BCUT2D eigenvalue weighted by Crippen LogP contribution is 2.41. The lowest BCUT2D eigenvalue weighted by molar-refractivity contribution is -0.110. The van der Waals surface area contributed by atoms with Gasteiger partial charge in [-0.3, -0.25) is 9.59 Å². The lowest BCUT2D eigenvalue weighted by Crippen LogP contribution is -2.30. The number of aliphatic hydroxyl groups is 1. The molecule has 7 heteroatoms. The molecule has 1 atom stereocenters. The number of hydrogen-bond donors (Lipinski definition) is 3. The Balaban J connectivity index is 1.50. The van der Waals surface area contributed by atoms with Crippen LogP contribution in [0.25, 0.3) is 22.8 Å². The molecule has 6 nitrogen and oxygen atoms in total. The zero-order valence-electron chi connectivity index (χ0n) is 19.2. The fourth-order valence-electron chi connectivity index (χ4n) is 5.57. The van der Waals surface area contributed by atoms with E-state index in [0.717, 1.165) is 42.5 Å². The number of amides is 2. The van der Waals surface area contributed by atoms with E-state index in [1.165, 1.54) is 12.1 Å². The molecule has 2 amide bonds. The van der Waals surface area contributed by atoms with Crippen LogP contribution in [0, 0.1) is 5.82 Å². The zero-order chi connectivity index (χ0) is 24.1. The smallest absolute Gasteiger partial charge is 0.256 e. The van der Waals surface area contributed by atoms with Crippen molar-refractivity contribution in [3.8, 4) is 11.1 Å². The van der Waals surface area contributed by atoms with E-state index < -0.39 is 6.10 Å². The quantitative estimate of drug-likeness (QED) is 0.495. The van der Waals surface area contributed by atoms with E-state index in [4.69, 9.17) is 0 Å². The third kappa shape index (κ3) is 3.76. The Morgan fingerprint density at radius 3 is 2.77 bits per heavy atom. The van der Waals surface area contributed by atoms with Gasteiger partial charge < -0.3 is 20.3 Å². The first-order valence-electron chi connectivity index (χ1n) is 12.1. The molecule has 1 unspecified atom stereocenters. The Labute approximate surface area is 202 Å². The van der Waals surface area contributed by atoms with Crippen LogP contribution in [0.5, 0.6) is 0 Å². The van der Waals surface area contributed by atoms with Crippen molar-refractivity contribution in [3.05, 3.63) is 76.4 Å². The van der Waals surface area contributed by atoms with E-state index >= 15 is 0 Å². The van der Waals surface area contributed by atoms with Crippen LogP contribution in [0.4, 0.5) is 10.1 Å². The first kappa shape index (κ1) is 21.8. The van der Waals surface area contributed by atoms with Gasteiger partial charge in [0.2, 0.25) is 0 Å². The topological polar surface area (TPSA) is 85.4 Å². The molecule has 2 aromatic carbocycles. The Hall–Kier alpha value is -3.71. The third-order valence-corrected chi connectivity index (χ3v) is 7.24. The zero-order valence-corrected chi connectivity index (χ0v) is 19.2. The number of anilines is 1. The summed E-state index contributed by atoms with van der Waals surface area (Å²) in [5.41, 5.74) is 6.52. The highest BCUT2D eigenvalue weighted by Gasteiger charge is 2.33. The van der Waals surface area contributed by atoms with Crippen LogP contribution in [0.2, 0.25) is 0 Å². The van der Waals surface area contributed by atoms with Gasteiger partial charge in [0, 0.05) is 30.0 Å². The number of benzene rings is 2. The first-order chi connectivity index (χ1) is 17.0. The molecule has 0 bridgehead atoms. The highest BCUT2D eigenvalue weighted by molar-refractivity contribution is 6.36. The van der Waals surface area contributed by atoms with Crippen LogP contribution in [0.3, 0.4) is 0 Å². The number of carbonyl (C=O) groups is 2. The molecular weight excluding hydrogens is 445 g/mol. The number of aromatic amines is 1. The number of fused-ring (bicyclic) bond motifs is 2. The maximum atomic E-state index is 14.0. The molecule has 3 heterocycles. The number of rotatable bonds is 3. The molecule has 1 fully saturated rings. The molecule has 0 spiro atoms. The molecule has 3 aliphatic rings. The third-order valence-electron chi connectivity index (χ3n) is 7.24. The van der Waals surface area contributed by atoms with Crippen molar-refractivity contribution in [1.82, 2.24) is 9.88 Å². The summed E-state index contributed by atoms with van der Waals surface area (Å²) in [5, 5.41) is 12.9. The lowest BCUT2D eigenvalue weighted by atomic mass is 9.92. The van der Waals surface area contributed by atoms with Gasteiger partial charge in [0.1, 0.15) is 5.82 Å². The van der Waals surface area contributed by atoms with E-state index in [1.807, 2.05) is 24.3 Å². The Kier molecular flexibility index (Phi) is 5.29. The van der Waals surface area contributed by atoms with Gasteiger partial charge in [-0.05, 0) is 73.1 Å². The van der Waals surface area contributed by atoms with Gasteiger partial charge in [0.15, 0.2) is 0 Å². The number of nitrogens with zero attached hydrogens (tertiary/aromatic N) is 1. The number of likely N-dealkylation sites (tertiary alicyclic amines) is 1. The van der Waals surface area contributed by atoms with Crippen molar-refractivity contribution >= 4 is 29.2 Å². The molecular formula is C28H26FN3O3. The Morgan fingerprint density at radius 2 is 1.97 bits per heavy atom. The molecule has 1 aliphatic carbocycles. The van der Waals surface area contributed by atoms with Crippen LogP contribution < -0.4 is 5.32 Å². The summed E-state index contributed by atoms with van der Waals surface area (Å²) in [7, 11) is 0. The standard InChI is InChI=1S/C28H26FN3O3/c29-17-6-3-5-16(13-17)19-8-4-10-23-25(19)21(27(34)31-23)14-24-26(20-7-1-2-9-22(20)30-24)28(35)32-12-11-18(33)15-32/h3-6,8,10,13-14,18,30,33H,1-2,7,9,11-12,15H2,(H,31,34)/b21-14+. The minimum atomic E-state index is -0.503. The molecule has 0 radical (unpaired) electrons. The average molecular weight is 472 g/mol. The summed E-state index contributed by atoms with van der Waals surface area (Å²) in [4.78, 5) is 31.8. The summed E-state index contributed by atoms with van der Waals surface area (Å²) in [6.07, 6.45) is 5.56. The molecule has 1 aromatic heterocycles. The summed E-state index contributed by atoms with van der Waals surface area (Å²) in [5.74, 6) is -0.711. The molecule has 6 rings (SSSR count). The minimum absolute atomic E-state index is 0.107. The number of H-pyrrole nitrogens is 1. The Morgan fingerprint density at radius 1 is 1.14 bits per heavy atom. The number of halogens is 1. The maximum Gasteiger partial charge on any atom is 0.256 e. The SMILES string of the molecule is O=C1Nc2cccc(-c3cccc(F)c3)c2/C1=C\c1[nH]c2c(c1C(=O)N1CCC(O)C1)CCCC2. The van der Waals surface area contributed by atoms with Gasteiger partial charge in [-0.25, -0.2) is 4.39 Å². The number of hydrogen-bond acceptors (Lipinski definition) is 3. The number of β-amino-alcohol motifs (C(OH)–C–C–N with tert-alkyl or cyclic N) is 1. The second-order valence-corrected chi connectivity index (χ2v) is 9.52. The van der Waals surface area contributed by atoms with Crippen molar-refractivity contribution in [2.75, 3.05) is 18.4 Å². The number of aromatic nitrogens is 1. The van der Waals surface area contributed by atoms with Gasteiger partial charge >= 0.3 is 0 Å². The lowest BCUT2D eigenvalue weighted by Gasteiger charge is -2.18. The predicted octanol–water partition coefficient (Wildman–Crippen LogP) is 4.40. The Bertz CT molecular complexity index is 1390. The molecule has 3 N–H and O–H groups in total. The maximum absolute atomic E-state index is 14.0. The first-order valence-corrected chi connectivity index (χ1v) is 12.1. The summed E-state index contributed by atoms with van der Waals surface area (Å²) >= 11 is 0. The number of nitrogens with one attached hydrogen (secondary N) is 2. The molecule has 1 saturated heterocycles. The van der Waals surface area contributed by atoms with Crippen molar-refractivity contribution in [2.24, 2.45) is 0 Å². The van der Waals surface area contributed by atoms with Crippen LogP contribution in [0.15, 0.2) is 42.5 Å². The molecule has 3 aromatic rings. The normalized spacial score (nSPS) is 20.2. The van der Waals surface area contributed by atoms with Crippen LogP contribution >= 0.6 is 0 Å². The summed E-state index contributed by atoms with van der Waals surface area (Å²) < 4.78 is 14.0. The van der Waals surface area contributed by atoms with Crippen LogP contribution in [0.1, 0.15) is 52.1 Å². The van der Waals surface area contributed by atoms with Crippen molar-refractivity contribution in [3.63, 3.8) is 0 Å². The molecule has 0 saturated carbocycles. The number of carbonyl (C=O) groups excluding carboxylic acids is 2. The van der Waals surface area contributed by atoms with E-state index in [9.17, 15) is 19.1 Å². The van der Waals surface area contributed by atoms with E-state index in [1.54, 1.807) is 17.0 Å². The highest BCUT2D eigenvalue weighted by atomic mass is 19.1. The van der Waals surface area contributed by atoms with Gasteiger partial charge in [0.05, 0.1) is 22.9 Å². The van der Waals surface area contributed by atoms with Gasteiger partial charge in [-0.15, -0.1) is 0 Å². The summed E-state index contributed by atoms with van der Waals surface area (Å²) in [6, 6.07) is 11.9. The van der Waals surface area contributed by atoms with Crippen molar-refractivity contribution in [2.45, 2.75) is 38.2 Å². The number of aryl methyl sites for hydroxylation is 1. The van der Waals surface area contributed by atoms with E-state index in [2.05, 4.69) is 10.3 Å². The summed E-state index contributed by atoms with van der Waals surface area (Å²) in [6.45, 7) is 0.838. The fraction of sp³-hybridized carbons (Fsp3) is 0.286. The molecule has 35 heavy (non-hydrogen) atoms. The number of aliphatic hydroxyl groups excluding tert-OH is 1. The van der Waals surface area contributed by atoms with Gasteiger partial charge in [-0.2, -0.15) is 0 Å². The monoisotopic (exact) mass is 471 g/mol. The largest absolute Gasteiger partial charge is 0.391 e. The predicted molar refractivity (Wildman–Crippen MR) is 132 cm³/mol. The van der Waals surface area contributed by atoms with Gasteiger partial charge in [0.25, 0.3) is 11.8 Å². The van der Waals surface area contributed by atoms with Crippen LogP contribution in [-0.4, -0.2) is 46.0 Å². The second kappa shape index (κ2) is 8.50. The van der Waals surface area contributed by atoms with Crippen molar-refractivity contribution in [1.29, 1.82) is 0 Å². The van der Waals surface area contributed by atoms with Gasteiger partial charge in [-0.1, -0.05) is 24.3 Å². The minimum Gasteiger partial charge on any atom is -0.391 e. The second-order valence-electron chi connectivity index (χ2n) is 9.52. The fourth-order valence-corrected chi connectivity index (χ4v) is 5.57.